The number of aliphatic hydroxyl groups is 2. The van der Waals surface area contributed by atoms with Crippen molar-refractivity contribution in [1.29, 1.82) is 0 Å². The highest BCUT2D eigenvalue weighted by Gasteiger charge is 2.30. The van der Waals surface area contributed by atoms with Gasteiger partial charge in [-0.2, -0.15) is 4.31 Å². The van der Waals surface area contributed by atoms with Gasteiger partial charge in [-0.25, -0.2) is 16.8 Å². The van der Waals surface area contributed by atoms with Crippen molar-refractivity contribution >= 4 is 95.7 Å². The molecule has 0 atom stereocenters. The number of halogens is 3. The molecule has 2 aromatic carbocycles. The summed E-state index contributed by atoms with van der Waals surface area (Å²) < 4.78 is 49.5. The maximum atomic E-state index is 12.7. The molecule has 0 unspecified atom stereocenters. The van der Waals surface area contributed by atoms with E-state index in [9.17, 15) is 27.0 Å². The van der Waals surface area contributed by atoms with Crippen molar-refractivity contribution in [3.05, 3.63) is 90.1 Å². The zero-order valence-corrected chi connectivity index (χ0v) is 35.9. The summed E-state index contributed by atoms with van der Waals surface area (Å²) in [5.74, 6) is 0. The van der Waals surface area contributed by atoms with Gasteiger partial charge in [0.2, 0.25) is 10.0 Å². The molecule has 2 fully saturated rings. The first-order chi connectivity index (χ1) is 23.8. The monoisotopic (exact) mass is 924 g/mol. The average Bonchev–Trinajstić information content (AvgIpc) is 3.73. The van der Waals surface area contributed by atoms with Crippen molar-refractivity contribution in [2.24, 2.45) is 0 Å². The first-order valence-corrected chi connectivity index (χ1v) is 23.2. The van der Waals surface area contributed by atoms with Crippen molar-refractivity contribution in [3.63, 3.8) is 0 Å². The minimum atomic E-state index is -3.55. The molecule has 0 aliphatic carbocycles. The Bertz CT molecular complexity index is 1930. The standard InChI is InChI=1S/C17H21BrN2O3S2.C13H20N2O.C4H2BrClO2S2/c1-17(2,21)13-3-5-14(6-4-13)19-7-9-20(10-8-19)25(22,23)16-12-24-11-15(16)18;1-13(2,16)11-3-5-12(6-4-11)15-9-7-14-8-10-15;5-3-1-9-2-4(3)10(6,7)8/h3-6,11-12,21H,7-10H2,1-2H3;3-6,14,16H,7-10H2,1-2H3;1-2H. The van der Waals surface area contributed by atoms with Crippen LogP contribution in [0, 0.1) is 0 Å². The van der Waals surface area contributed by atoms with Crippen molar-refractivity contribution in [2.75, 3.05) is 62.2 Å². The van der Waals surface area contributed by atoms with Crippen LogP contribution in [-0.4, -0.2) is 83.7 Å². The fourth-order valence-corrected chi connectivity index (χ4v) is 12.7. The van der Waals surface area contributed by atoms with Crippen LogP contribution in [0.3, 0.4) is 0 Å². The van der Waals surface area contributed by atoms with E-state index in [0.717, 1.165) is 43.0 Å². The SMILES string of the molecule is CC(C)(O)c1ccc(N2CCN(S(=O)(=O)c3cscc3Br)CC2)cc1.CC(C)(O)c1ccc(N2CCNCC2)cc1.O=S(=O)(Cl)c1cscc1Br. The predicted molar refractivity (Wildman–Crippen MR) is 217 cm³/mol. The molecule has 17 heteroatoms. The van der Waals surface area contributed by atoms with Crippen LogP contribution in [0.15, 0.2) is 88.8 Å². The average molecular weight is 927 g/mol. The minimum absolute atomic E-state index is 0.138. The van der Waals surface area contributed by atoms with E-state index in [1.165, 1.54) is 33.7 Å². The summed E-state index contributed by atoms with van der Waals surface area (Å²) in [6.45, 7) is 13.5. The molecule has 0 radical (unpaired) electrons. The van der Waals surface area contributed by atoms with E-state index < -0.39 is 30.3 Å². The van der Waals surface area contributed by atoms with Gasteiger partial charge in [0.05, 0.1) is 11.2 Å². The Morgan fingerprint density at radius 2 is 1.04 bits per heavy atom. The predicted octanol–water partition coefficient (Wildman–Crippen LogP) is 7.01. The van der Waals surface area contributed by atoms with Gasteiger partial charge in [-0.1, -0.05) is 24.3 Å². The van der Waals surface area contributed by atoms with Crippen molar-refractivity contribution in [1.82, 2.24) is 9.62 Å². The van der Waals surface area contributed by atoms with Gasteiger partial charge in [0.1, 0.15) is 9.79 Å². The molecular formula is C34H43Br2ClN4O6S4. The molecular weight excluding hydrogens is 884 g/mol. The quantitative estimate of drug-likeness (QED) is 0.168. The molecule has 0 amide bonds. The zero-order valence-electron chi connectivity index (χ0n) is 28.7. The molecule has 0 saturated carbocycles. The molecule has 2 aliphatic heterocycles. The van der Waals surface area contributed by atoms with Crippen LogP contribution in [0.25, 0.3) is 0 Å². The van der Waals surface area contributed by atoms with Gasteiger partial charge in [-0.15, -0.1) is 22.7 Å². The topological polar surface area (TPSA) is 130 Å². The number of sulfonamides is 1. The van der Waals surface area contributed by atoms with E-state index in [-0.39, 0.29) is 4.90 Å². The largest absolute Gasteiger partial charge is 0.386 e. The highest BCUT2D eigenvalue weighted by molar-refractivity contribution is 9.10. The highest BCUT2D eigenvalue weighted by atomic mass is 79.9. The summed E-state index contributed by atoms with van der Waals surface area (Å²) in [6, 6.07) is 16.0. The summed E-state index contributed by atoms with van der Waals surface area (Å²) in [5, 5.41) is 29.8. The Kier molecular flexibility index (Phi) is 14.6. The van der Waals surface area contributed by atoms with Gasteiger partial charge in [-0.05, 0) is 94.9 Å². The second-order valence-corrected chi connectivity index (χ2v) is 20.6. The van der Waals surface area contributed by atoms with Gasteiger partial charge in [-0.3, -0.25) is 0 Å². The van der Waals surface area contributed by atoms with Crippen LogP contribution in [0.2, 0.25) is 0 Å². The summed E-state index contributed by atoms with van der Waals surface area (Å²) in [6.07, 6.45) is 0. The van der Waals surface area contributed by atoms with Gasteiger partial charge in [0.15, 0.2) is 0 Å². The lowest BCUT2D eigenvalue weighted by Gasteiger charge is -2.35. The zero-order chi connectivity index (χ0) is 37.6. The highest BCUT2D eigenvalue weighted by Crippen LogP contribution is 2.31. The van der Waals surface area contributed by atoms with Crippen molar-refractivity contribution in [3.8, 4) is 0 Å². The lowest BCUT2D eigenvalue weighted by molar-refractivity contribution is 0.0780. The number of piperazine rings is 2. The van der Waals surface area contributed by atoms with Crippen molar-refractivity contribution in [2.45, 2.75) is 48.7 Å². The van der Waals surface area contributed by atoms with E-state index in [1.54, 1.807) is 34.3 Å². The van der Waals surface area contributed by atoms with Crippen molar-refractivity contribution < 1.29 is 27.0 Å². The van der Waals surface area contributed by atoms with Gasteiger partial charge in [0.25, 0.3) is 9.05 Å². The van der Waals surface area contributed by atoms with Crippen LogP contribution >= 0.6 is 65.2 Å². The summed E-state index contributed by atoms with van der Waals surface area (Å²) >= 11 is 9.02. The lowest BCUT2D eigenvalue weighted by atomic mass is 9.98. The molecule has 2 aliphatic rings. The van der Waals surface area contributed by atoms with E-state index in [1.807, 2.05) is 50.2 Å². The second kappa shape index (κ2) is 17.7. The van der Waals surface area contributed by atoms with Gasteiger partial charge >= 0.3 is 0 Å². The van der Waals surface area contributed by atoms with Crippen LogP contribution in [0.1, 0.15) is 38.8 Å². The van der Waals surface area contributed by atoms with Crippen LogP contribution < -0.4 is 15.1 Å². The number of benzene rings is 2. The number of rotatable bonds is 7. The molecule has 4 aromatic rings. The smallest absolute Gasteiger partial charge is 0.263 e. The molecule has 10 nitrogen and oxygen atoms in total. The second-order valence-electron chi connectivity index (χ2n) is 12.9. The molecule has 0 bridgehead atoms. The van der Waals surface area contributed by atoms with E-state index >= 15 is 0 Å². The Hall–Kier alpha value is -1.57. The van der Waals surface area contributed by atoms with Gasteiger partial charge in [0, 0.05) is 105 Å². The third-order valence-electron chi connectivity index (χ3n) is 8.28. The molecule has 4 heterocycles. The summed E-state index contributed by atoms with van der Waals surface area (Å²) in [4.78, 5) is 5.02. The van der Waals surface area contributed by atoms with E-state index in [4.69, 9.17) is 10.7 Å². The third kappa shape index (κ3) is 11.7. The number of hydrogen-bond acceptors (Lipinski definition) is 11. The molecule has 51 heavy (non-hydrogen) atoms. The Balaban J connectivity index is 0.000000191. The number of hydrogen-bond donors (Lipinski definition) is 3. The molecule has 2 aromatic heterocycles. The number of nitrogens with zero attached hydrogens (tertiary/aromatic N) is 3. The number of nitrogens with one attached hydrogen (secondary N) is 1. The normalized spacial score (nSPS) is 16.2. The fourth-order valence-electron chi connectivity index (χ4n) is 5.31. The van der Waals surface area contributed by atoms with Crippen LogP contribution in [0.5, 0.6) is 0 Å². The number of thiophene rings is 2. The Morgan fingerprint density at radius 1 is 0.647 bits per heavy atom. The molecule has 3 N–H and O–H groups in total. The summed E-state index contributed by atoms with van der Waals surface area (Å²) in [7, 11) is -1.94. The fraction of sp³-hybridized carbons (Fsp3) is 0.412. The first-order valence-electron chi connectivity index (χ1n) is 16.0. The Labute approximate surface area is 330 Å². The minimum Gasteiger partial charge on any atom is -0.386 e. The lowest BCUT2D eigenvalue weighted by Crippen LogP contribution is -2.48. The molecule has 2 saturated heterocycles. The maximum Gasteiger partial charge on any atom is 0.263 e. The molecule has 6 rings (SSSR count). The van der Waals surface area contributed by atoms with Crippen LogP contribution in [0.4, 0.5) is 11.4 Å². The van der Waals surface area contributed by atoms with E-state index in [0.29, 0.717) is 40.0 Å². The molecule has 280 valence electrons. The maximum absolute atomic E-state index is 12.7. The summed E-state index contributed by atoms with van der Waals surface area (Å²) in [5.41, 5.74) is 2.50. The van der Waals surface area contributed by atoms with E-state index in [2.05, 4.69) is 59.1 Å². The first kappa shape index (κ1) is 42.2. The third-order valence-corrected chi connectivity index (χ3v) is 15.8. The molecule has 0 spiro atoms. The number of anilines is 2. The van der Waals surface area contributed by atoms with Gasteiger partial charge < -0.3 is 25.3 Å². The van der Waals surface area contributed by atoms with Crippen LogP contribution in [-0.2, 0) is 30.3 Å². The Morgan fingerprint density at radius 3 is 1.37 bits per heavy atom.